The van der Waals surface area contributed by atoms with Gasteiger partial charge in [-0.3, -0.25) is 4.79 Å². The van der Waals surface area contributed by atoms with Gasteiger partial charge in [-0.25, -0.2) is 4.79 Å². The lowest BCUT2D eigenvalue weighted by Gasteiger charge is -2.35. The Kier molecular flexibility index (Phi) is 5.79. The van der Waals surface area contributed by atoms with Crippen molar-refractivity contribution in [3.05, 3.63) is 40.7 Å². The lowest BCUT2D eigenvalue weighted by molar-refractivity contribution is -0.146. The third-order valence-corrected chi connectivity index (χ3v) is 4.64. The summed E-state index contributed by atoms with van der Waals surface area (Å²) in [5.41, 5.74) is 3.48. The molecule has 0 spiro atoms. The highest BCUT2D eigenvalue weighted by atomic mass is 16.5. The van der Waals surface area contributed by atoms with Gasteiger partial charge < -0.3 is 14.4 Å². The van der Waals surface area contributed by atoms with E-state index in [0.29, 0.717) is 18.8 Å². The molecule has 1 aromatic heterocycles. The summed E-state index contributed by atoms with van der Waals surface area (Å²) in [5.74, 6) is -0.897. The van der Waals surface area contributed by atoms with E-state index < -0.39 is 5.97 Å². The smallest absolute Gasteiger partial charge is 0.361 e. The maximum Gasteiger partial charge on any atom is 0.361 e. The van der Waals surface area contributed by atoms with Crippen LogP contribution >= 0.6 is 0 Å². The monoisotopic (exact) mass is 386 g/mol. The number of benzene rings is 1. The number of carbonyl (C=O) groups is 2. The molecule has 1 amide bonds. The van der Waals surface area contributed by atoms with Crippen LogP contribution in [0.3, 0.4) is 0 Å². The lowest BCUT2D eigenvalue weighted by Crippen LogP contribution is -2.49. The standard InChI is InChI=1S/C20H26N4O4/c1-12-6-7-17(13(2)8-12)24-21-16(5)19(22-24)20(26)27-11-18(25)23-9-14(3)28-15(4)10-23/h6-8,14-15H,9-11H2,1-5H3/t14-,15-/m1/s1. The highest BCUT2D eigenvalue weighted by Crippen LogP contribution is 2.16. The second kappa shape index (κ2) is 8.10. The van der Waals surface area contributed by atoms with Gasteiger partial charge in [-0.05, 0) is 46.2 Å². The van der Waals surface area contributed by atoms with Crippen molar-refractivity contribution in [2.45, 2.75) is 46.8 Å². The first kappa shape index (κ1) is 20.0. The van der Waals surface area contributed by atoms with Crippen LogP contribution in [0.4, 0.5) is 0 Å². The molecule has 1 fully saturated rings. The van der Waals surface area contributed by atoms with E-state index in [9.17, 15) is 9.59 Å². The van der Waals surface area contributed by atoms with Gasteiger partial charge in [0.05, 0.1) is 23.6 Å². The van der Waals surface area contributed by atoms with E-state index in [1.165, 1.54) is 4.80 Å². The fourth-order valence-corrected chi connectivity index (χ4v) is 3.37. The molecule has 3 rings (SSSR count). The molecule has 150 valence electrons. The van der Waals surface area contributed by atoms with Crippen molar-refractivity contribution in [1.29, 1.82) is 0 Å². The summed E-state index contributed by atoms with van der Waals surface area (Å²) in [5, 5.41) is 8.59. The van der Waals surface area contributed by atoms with Crippen LogP contribution in [0.2, 0.25) is 0 Å². The third kappa shape index (κ3) is 4.39. The average molecular weight is 386 g/mol. The highest BCUT2D eigenvalue weighted by molar-refractivity contribution is 5.90. The number of morpholine rings is 1. The summed E-state index contributed by atoms with van der Waals surface area (Å²) < 4.78 is 10.8. The Morgan fingerprint density at radius 2 is 1.82 bits per heavy atom. The van der Waals surface area contributed by atoms with E-state index >= 15 is 0 Å². The molecular weight excluding hydrogens is 360 g/mol. The molecule has 1 saturated heterocycles. The van der Waals surface area contributed by atoms with Crippen LogP contribution in [-0.4, -0.2) is 63.7 Å². The van der Waals surface area contributed by atoms with Gasteiger partial charge in [0.25, 0.3) is 5.91 Å². The molecule has 2 heterocycles. The predicted molar refractivity (Wildman–Crippen MR) is 102 cm³/mol. The van der Waals surface area contributed by atoms with Crippen molar-refractivity contribution in [2.24, 2.45) is 0 Å². The molecule has 2 atom stereocenters. The van der Waals surface area contributed by atoms with Crippen LogP contribution in [0.5, 0.6) is 0 Å². The highest BCUT2D eigenvalue weighted by Gasteiger charge is 2.27. The third-order valence-electron chi connectivity index (χ3n) is 4.64. The van der Waals surface area contributed by atoms with Crippen molar-refractivity contribution in [3.8, 4) is 5.69 Å². The molecule has 0 N–H and O–H groups in total. The zero-order valence-electron chi connectivity index (χ0n) is 16.9. The average Bonchev–Trinajstić information content (AvgIpc) is 3.00. The number of hydrogen-bond donors (Lipinski definition) is 0. The van der Waals surface area contributed by atoms with Gasteiger partial charge >= 0.3 is 5.97 Å². The maximum atomic E-state index is 12.4. The van der Waals surface area contributed by atoms with Crippen molar-refractivity contribution >= 4 is 11.9 Å². The molecule has 1 aliphatic heterocycles. The van der Waals surface area contributed by atoms with Gasteiger partial charge in [-0.1, -0.05) is 17.7 Å². The Labute approximate surface area is 164 Å². The van der Waals surface area contributed by atoms with Crippen molar-refractivity contribution < 1.29 is 19.1 Å². The number of nitrogens with zero attached hydrogens (tertiary/aromatic N) is 4. The molecule has 0 bridgehead atoms. The van der Waals surface area contributed by atoms with Gasteiger partial charge in [-0.15, -0.1) is 5.10 Å². The Bertz CT molecular complexity index is 882. The van der Waals surface area contributed by atoms with Crippen LogP contribution in [0.15, 0.2) is 18.2 Å². The molecule has 0 saturated carbocycles. The van der Waals surface area contributed by atoms with E-state index in [1.54, 1.807) is 11.8 Å². The van der Waals surface area contributed by atoms with Crippen LogP contribution in [0.1, 0.15) is 41.2 Å². The predicted octanol–water partition coefficient (Wildman–Crippen LogP) is 1.99. The van der Waals surface area contributed by atoms with Gasteiger partial charge in [0.2, 0.25) is 0 Å². The topological polar surface area (TPSA) is 86.6 Å². The fraction of sp³-hybridized carbons (Fsp3) is 0.500. The largest absolute Gasteiger partial charge is 0.451 e. The van der Waals surface area contributed by atoms with E-state index in [0.717, 1.165) is 16.8 Å². The molecule has 0 unspecified atom stereocenters. The molecule has 28 heavy (non-hydrogen) atoms. The molecule has 1 aromatic carbocycles. The second-order valence-corrected chi connectivity index (χ2v) is 7.35. The van der Waals surface area contributed by atoms with Crippen LogP contribution in [-0.2, 0) is 14.3 Å². The Balaban J connectivity index is 1.66. The molecular formula is C20H26N4O4. The number of rotatable bonds is 4. The van der Waals surface area contributed by atoms with E-state index in [2.05, 4.69) is 10.2 Å². The zero-order valence-corrected chi connectivity index (χ0v) is 16.9. The summed E-state index contributed by atoms with van der Waals surface area (Å²) >= 11 is 0. The first-order valence-corrected chi connectivity index (χ1v) is 9.36. The first-order chi connectivity index (χ1) is 13.2. The lowest BCUT2D eigenvalue weighted by atomic mass is 10.1. The summed E-state index contributed by atoms with van der Waals surface area (Å²) in [6.07, 6.45) is -0.0772. The Morgan fingerprint density at radius 3 is 2.46 bits per heavy atom. The summed E-state index contributed by atoms with van der Waals surface area (Å²) in [7, 11) is 0. The molecule has 0 aliphatic carbocycles. The van der Waals surface area contributed by atoms with Crippen molar-refractivity contribution in [2.75, 3.05) is 19.7 Å². The summed E-state index contributed by atoms with van der Waals surface area (Å²) in [4.78, 5) is 27.9. The van der Waals surface area contributed by atoms with Gasteiger partial charge in [0, 0.05) is 13.1 Å². The van der Waals surface area contributed by atoms with Crippen molar-refractivity contribution in [1.82, 2.24) is 19.9 Å². The minimum atomic E-state index is -0.656. The maximum absolute atomic E-state index is 12.4. The molecule has 0 radical (unpaired) electrons. The molecule has 8 nitrogen and oxygen atoms in total. The minimum Gasteiger partial charge on any atom is -0.451 e. The Morgan fingerprint density at radius 1 is 1.14 bits per heavy atom. The minimum absolute atomic E-state index is 0.0386. The molecule has 8 heteroatoms. The second-order valence-electron chi connectivity index (χ2n) is 7.35. The van der Waals surface area contributed by atoms with E-state index in [1.807, 2.05) is 45.9 Å². The van der Waals surface area contributed by atoms with Crippen LogP contribution in [0.25, 0.3) is 5.69 Å². The van der Waals surface area contributed by atoms with E-state index in [-0.39, 0.29) is 30.4 Å². The zero-order chi connectivity index (χ0) is 20.4. The Hall–Kier alpha value is -2.74. The molecule has 2 aromatic rings. The fourth-order valence-electron chi connectivity index (χ4n) is 3.37. The number of ether oxygens (including phenoxy) is 2. The number of aryl methyl sites for hydroxylation is 3. The number of amides is 1. The summed E-state index contributed by atoms with van der Waals surface area (Å²) in [6.45, 7) is 10.1. The van der Waals surface area contributed by atoms with Crippen LogP contribution in [0, 0.1) is 20.8 Å². The number of esters is 1. The normalized spacial score (nSPS) is 19.5. The SMILES string of the molecule is Cc1ccc(-n2nc(C)c(C(=O)OCC(=O)N3C[C@@H](C)O[C@H](C)C3)n2)c(C)c1. The van der Waals surface area contributed by atoms with Crippen molar-refractivity contribution in [3.63, 3.8) is 0 Å². The van der Waals surface area contributed by atoms with Gasteiger partial charge in [-0.2, -0.15) is 9.90 Å². The van der Waals surface area contributed by atoms with Crippen LogP contribution < -0.4 is 0 Å². The molecule has 1 aliphatic rings. The number of hydrogen-bond acceptors (Lipinski definition) is 6. The number of carbonyl (C=O) groups excluding carboxylic acids is 2. The van der Waals surface area contributed by atoms with E-state index in [4.69, 9.17) is 9.47 Å². The first-order valence-electron chi connectivity index (χ1n) is 9.36. The number of aromatic nitrogens is 3. The van der Waals surface area contributed by atoms with Gasteiger partial charge in [0.15, 0.2) is 12.3 Å². The summed E-state index contributed by atoms with van der Waals surface area (Å²) in [6, 6.07) is 5.89. The van der Waals surface area contributed by atoms with Gasteiger partial charge in [0.1, 0.15) is 0 Å². The quantitative estimate of drug-likeness (QED) is 0.747.